The first-order valence-corrected chi connectivity index (χ1v) is 6.77. The van der Waals surface area contributed by atoms with E-state index in [9.17, 15) is 13.2 Å². The van der Waals surface area contributed by atoms with E-state index in [1.807, 2.05) is 13.8 Å². The fraction of sp³-hybridized carbons (Fsp3) is 0.429. The van der Waals surface area contributed by atoms with Gasteiger partial charge in [-0.2, -0.15) is 18.3 Å². The monoisotopic (exact) mass is 314 g/mol. The van der Waals surface area contributed by atoms with Crippen LogP contribution in [0.15, 0.2) is 30.6 Å². The Kier molecular flexibility index (Phi) is 4.89. The largest absolute Gasteiger partial charge is 0.482 e. The van der Waals surface area contributed by atoms with Crippen molar-refractivity contribution in [3.63, 3.8) is 0 Å². The molecule has 0 saturated heterocycles. The molecule has 1 aromatic carbocycles. The number of rotatable bonds is 6. The third kappa shape index (κ3) is 4.37. The molecular weight excluding hydrogens is 297 g/mol. The highest BCUT2D eigenvalue weighted by Gasteiger charge is 2.28. The van der Waals surface area contributed by atoms with E-state index in [1.165, 1.54) is 12.4 Å². The molecule has 2 rings (SSSR count). The zero-order valence-electron chi connectivity index (χ0n) is 12.3. The van der Waals surface area contributed by atoms with Gasteiger partial charge in [-0.15, -0.1) is 0 Å². The summed E-state index contributed by atoms with van der Waals surface area (Å²) in [4.78, 5) is 4.14. The number of benzene rings is 1. The summed E-state index contributed by atoms with van der Waals surface area (Å²) in [6, 6.07) is 6.63. The Morgan fingerprint density at radius 2 is 2.00 bits per heavy atom. The zero-order chi connectivity index (χ0) is 16.2. The summed E-state index contributed by atoms with van der Waals surface area (Å²) in [5.41, 5.74) is 0.477. The Bertz CT molecular complexity index is 610. The van der Waals surface area contributed by atoms with Gasteiger partial charge in [-0.1, -0.05) is 12.1 Å². The maximum absolute atomic E-state index is 12.3. The number of nitrogens with zero attached hydrogens (tertiary/aromatic N) is 3. The molecule has 0 unspecified atom stereocenters. The molecule has 5 nitrogen and oxygen atoms in total. The van der Waals surface area contributed by atoms with E-state index in [1.54, 1.807) is 22.9 Å². The van der Waals surface area contributed by atoms with Crippen molar-refractivity contribution in [3.8, 4) is 5.75 Å². The molecule has 0 fully saturated rings. The Morgan fingerprint density at radius 3 is 2.68 bits per heavy atom. The van der Waals surface area contributed by atoms with Gasteiger partial charge in [0, 0.05) is 6.04 Å². The molecular formula is C14H17F3N4O. The van der Waals surface area contributed by atoms with Crippen LogP contribution in [-0.2, 0) is 6.54 Å². The Balaban J connectivity index is 2.05. The molecule has 8 heteroatoms. The number of anilines is 1. The van der Waals surface area contributed by atoms with E-state index in [0.717, 1.165) is 0 Å². The van der Waals surface area contributed by atoms with Gasteiger partial charge in [0.2, 0.25) is 0 Å². The second kappa shape index (κ2) is 6.67. The van der Waals surface area contributed by atoms with Crippen LogP contribution < -0.4 is 10.1 Å². The molecule has 1 heterocycles. The summed E-state index contributed by atoms with van der Waals surface area (Å²) in [5.74, 6) is 0.844. The third-order valence-corrected chi connectivity index (χ3v) is 2.85. The van der Waals surface area contributed by atoms with E-state index < -0.39 is 12.8 Å². The van der Waals surface area contributed by atoms with Crippen LogP contribution in [0.5, 0.6) is 5.75 Å². The van der Waals surface area contributed by atoms with Crippen LogP contribution in [0.2, 0.25) is 0 Å². The summed E-state index contributed by atoms with van der Waals surface area (Å²) in [6.45, 7) is 2.95. The fourth-order valence-electron chi connectivity index (χ4n) is 1.90. The zero-order valence-corrected chi connectivity index (χ0v) is 12.3. The number of hydrogen-bond donors (Lipinski definition) is 1. The molecule has 0 bridgehead atoms. The van der Waals surface area contributed by atoms with Crippen LogP contribution in [0.25, 0.3) is 0 Å². The summed E-state index contributed by atoms with van der Waals surface area (Å²) < 4.78 is 43.3. The van der Waals surface area contributed by atoms with Crippen molar-refractivity contribution in [2.75, 3.05) is 11.9 Å². The maximum Gasteiger partial charge on any atom is 0.422 e. The van der Waals surface area contributed by atoms with Crippen LogP contribution >= 0.6 is 0 Å². The van der Waals surface area contributed by atoms with E-state index in [4.69, 9.17) is 4.74 Å². The van der Waals surface area contributed by atoms with E-state index in [2.05, 4.69) is 15.4 Å². The topological polar surface area (TPSA) is 52.0 Å². The van der Waals surface area contributed by atoms with Crippen molar-refractivity contribution in [3.05, 3.63) is 36.4 Å². The van der Waals surface area contributed by atoms with Crippen molar-refractivity contribution < 1.29 is 17.9 Å². The van der Waals surface area contributed by atoms with E-state index in [-0.39, 0.29) is 11.8 Å². The average molecular weight is 314 g/mol. The lowest BCUT2D eigenvalue weighted by Gasteiger charge is -2.15. The van der Waals surface area contributed by atoms with E-state index >= 15 is 0 Å². The van der Waals surface area contributed by atoms with Gasteiger partial charge in [-0.25, -0.2) is 9.67 Å². The van der Waals surface area contributed by atoms with Gasteiger partial charge < -0.3 is 10.1 Å². The quantitative estimate of drug-likeness (QED) is 0.888. The molecule has 120 valence electrons. The first-order valence-electron chi connectivity index (χ1n) is 6.77. The Hall–Kier alpha value is -2.25. The lowest BCUT2D eigenvalue weighted by molar-refractivity contribution is -0.153. The van der Waals surface area contributed by atoms with Crippen molar-refractivity contribution >= 4 is 5.69 Å². The average Bonchev–Trinajstić information content (AvgIpc) is 2.91. The fourth-order valence-corrected chi connectivity index (χ4v) is 1.90. The molecule has 0 aliphatic carbocycles. The predicted molar refractivity (Wildman–Crippen MR) is 75.7 cm³/mol. The van der Waals surface area contributed by atoms with Crippen LogP contribution in [0.1, 0.15) is 25.7 Å². The number of para-hydroxylation sites is 2. The smallest absolute Gasteiger partial charge is 0.422 e. The van der Waals surface area contributed by atoms with Crippen molar-refractivity contribution in [1.29, 1.82) is 0 Å². The Labute approximate surface area is 126 Å². The molecule has 0 spiro atoms. The summed E-state index contributed by atoms with van der Waals surface area (Å²) in [5, 5.41) is 7.14. The second-order valence-electron chi connectivity index (χ2n) is 4.97. The van der Waals surface area contributed by atoms with Crippen LogP contribution in [-0.4, -0.2) is 27.5 Å². The number of alkyl halides is 3. The van der Waals surface area contributed by atoms with Gasteiger partial charge in [0.1, 0.15) is 17.9 Å². The molecule has 1 aromatic heterocycles. The molecule has 0 aliphatic heterocycles. The predicted octanol–water partition coefficient (Wildman–Crippen LogP) is 3.41. The number of nitrogens with one attached hydrogen (secondary N) is 1. The molecule has 1 N–H and O–H groups in total. The highest BCUT2D eigenvalue weighted by atomic mass is 19.4. The second-order valence-corrected chi connectivity index (χ2v) is 4.97. The molecule has 0 atom stereocenters. The molecule has 0 radical (unpaired) electrons. The summed E-state index contributed by atoms with van der Waals surface area (Å²) >= 11 is 0. The van der Waals surface area contributed by atoms with Gasteiger partial charge in [-0.05, 0) is 26.0 Å². The lowest BCUT2D eigenvalue weighted by Crippen LogP contribution is -2.20. The van der Waals surface area contributed by atoms with Crippen LogP contribution in [0.4, 0.5) is 18.9 Å². The van der Waals surface area contributed by atoms with Crippen LogP contribution in [0, 0.1) is 0 Å². The third-order valence-electron chi connectivity index (χ3n) is 2.85. The molecule has 0 saturated carbocycles. The molecule has 0 aliphatic rings. The van der Waals surface area contributed by atoms with E-state index in [0.29, 0.717) is 18.1 Å². The minimum Gasteiger partial charge on any atom is -0.482 e. The molecule has 2 aromatic rings. The first kappa shape index (κ1) is 16.1. The van der Waals surface area contributed by atoms with Gasteiger partial charge in [0.05, 0.1) is 12.2 Å². The van der Waals surface area contributed by atoms with Crippen molar-refractivity contribution in [1.82, 2.24) is 14.8 Å². The SMILES string of the molecule is CC(C)n1ncnc1CNc1ccccc1OCC(F)(F)F. The molecule has 0 amide bonds. The highest BCUT2D eigenvalue weighted by molar-refractivity contribution is 5.56. The van der Waals surface area contributed by atoms with Crippen molar-refractivity contribution in [2.24, 2.45) is 0 Å². The summed E-state index contributed by atoms with van der Waals surface area (Å²) in [6.07, 6.45) is -2.92. The van der Waals surface area contributed by atoms with Gasteiger partial charge in [0.15, 0.2) is 6.61 Å². The standard InChI is InChI=1S/C14H17F3N4O/c1-10(2)21-13(19-9-20-21)7-18-11-5-3-4-6-12(11)22-8-14(15,16)17/h3-6,9-10,18H,7-8H2,1-2H3. The lowest BCUT2D eigenvalue weighted by atomic mass is 10.3. The van der Waals surface area contributed by atoms with Gasteiger partial charge in [0.25, 0.3) is 0 Å². The number of aromatic nitrogens is 3. The van der Waals surface area contributed by atoms with Gasteiger partial charge >= 0.3 is 6.18 Å². The number of halogens is 3. The normalized spacial score (nSPS) is 11.7. The summed E-state index contributed by atoms with van der Waals surface area (Å²) in [7, 11) is 0. The van der Waals surface area contributed by atoms with Crippen LogP contribution in [0.3, 0.4) is 0 Å². The number of hydrogen-bond acceptors (Lipinski definition) is 4. The van der Waals surface area contributed by atoms with Gasteiger partial charge in [-0.3, -0.25) is 0 Å². The molecule has 22 heavy (non-hydrogen) atoms. The van der Waals surface area contributed by atoms with Crippen molar-refractivity contribution in [2.45, 2.75) is 32.6 Å². The first-order chi connectivity index (χ1) is 10.4. The minimum absolute atomic E-state index is 0.149. The maximum atomic E-state index is 12.3. The highest BCUT2D eigenvalue weighted by Crippen LogP contribution is 2.26. The number of ether oxygens (including phenoxy) is 1. The minimum atomic E-state index is -4.37. The Morgan fingerprint density at radius 1 is 1.27 bits per heavy atom.